The van der Waals surface area contributed by atoms with Crippen LogP contribution in [0.4, 0.5) is 0 Å². The van der Waals surface area contributed by atoms with Crippen molar-refractivity contribution >= 4 is 11.6 Å². The van der Waals surface area contributed by atoms with Gasteiger partial charge in [-0.3, -0.25) is 9.59 Å². The Morgan fingerprint density at radius 1 is 1.56 bits per heavy atom. The normalized spacial score (nSPS) is 26.8. The lowest BCUT2D eigenvalue weighted by molar-refractivity contribution is -0.133. The zero-order valence-corrected chi connectivity index (χ0v) is 5.01. The minimum atomic E-state index is -0.620. The van der Waals surface area contributed by atoms with E-state index in [1.807, 2.05) is 0 Å². The summed E-state index contributed by atoms with van der Waals surface area (Å²) in [5.74, 6) is -1.13. The second-order valence-corrected chi connectivity index (χ2v) is 1.88. The van der Waals surface area contributed by atoms with Crippen molar-refractivity contribution in [1.29, 1.82) is 0 Å². The summed E-state index contributed by atoms with van der Waals surface area (Å²) in [6.45, 7) is 4.77. The van der Waals surface area contributed by atoms with E-state index in [0.29, 0.717) is 0 Å². The van der Waals surface area contributed by atoms with E-state index in [0.717, 1.165) is 0 Å². The highest BCUT2D eigenvalue weighted by molar-refractivity contribution is 6.46. The van der Waals surface area contributed by atoms with Gasteiger partial charge in [-0.05, 0) is 6.92 Å². The predicted molar refractivity (Wildman–Crippen MR) is 29.7 cm³/mol. The average molecular weight is 126 g/mol. The fraction of sp³-hybridized carbons (Fsp3) is 0.333. The van der Waals surface area contributed by atoms with Gasteiger partial charge in [0.15, 0.2) is 11.9 Å². The molecule has 3 heteroatoms. The Morgan fingerprint density at radius 2 is 2.11 bits per heavy atom. The number of carbonyl (C=O) groups excluding carboxylic acids is 2. The van der Waals surface area contributed by atoms with Gasteiger partial charge in [-0.15, -0.1) is 0 Å². The van der Waals surface area contributed by atoms with Gasteiger partial charge >= 0.3 is 0 Å². The topological polar surface area (TPSA) is 43.4 Å². The average Bonchev–Trinajstić information content (AvgIpc) is 1.98. The van der Waals surface area contributed by atoms with E-state index in [1.54, 1.807) is 0 Å². The van der Waals surface area contributed by atoms with Crippen LogP contribution in [-0.4, -0.2) is 17.7 Å². The lowest BCUT2D eigenvalue weighted by Gasteiger charge is -1.95. The molecule has 0 radical (unpaired) electrons. The Kier molecular flexibility index (Phi) is 1.12. The number of rotatable bonds is 0. The third-order valence-corrected chi connectivity index (χ3v) is 1.17. The molecule has 1 heterocycles. The first kappa shape index (κ1) is 6.01. The maximum Gasteiger partial charge on any atom is 0.266 e. The van der Waals surface area contributed by atoms with Gasteiger partial charge in [-0.25, -0.2) is 0 Å². The SMILES string of the molecule is C=C1OC(C)C(=O)C1=O. The van der Waals surface area contributed by atoms with E-state index in [2.05, 4.69) is 6.58 Å². The number of allylic oxidation sites excluding steroid dienone is 1. The highest BCUT2D eigenvalue weighted by atomic mass is 16.5. The molecule has 1 fully saturated rings. The lowest BCUT2D eigenvalue weighted by atomic mass is 10.2. The highest BCUT2D eigenvalue weighted by Crippen LogP contribution is 2.12. The fourth-order valence-electron chi connectivity index (χ4n) is 0.642. The molecule has 0 spiro atoms. The van der Waals surface area contributed by atoms with Crippen LogP contribution in [0.25, 0.3) is 0 Å². The van der Waals surface area contributed by atoms with Crippen molar-refractivity contribution in [3.8, 4) is 0 Å². The Balaban J connectivity index is 2.90. The fourth-order valence-corrected chi connectivity index (χ4v) is 0.642. The van der Waals surface area contributed by atoms with Crippen LogP contribution in [0.2, 0.25) is 0 Å². The van der Waals surface area contributed by atoms with Gasteiger partial charge in [0.25, 0.3) is 5.78 Å². The van der Waals surface area contributed by atoms with Crippen LogP contribution in [-0.2, 0) is 14.3 Å². The largest absolute Gasteiger partial charge is 0.479 e. The molecular formula is C6H6O3. The standard InChI is InChI=1S/C6H6O3/c1-3-5(7)6(8)4(2)9-3/h4H,1H2,2H3. The van der Waals surface area contributed by atoms with Gasteiger partial charge in [0, 0.05) is 0 Å². The van der Waals surface area contributed by atoms with Crippen LogP contribution >= 0.6 is 0 Å². The molecule has 0 aromatic carbocycles. The molecule has 3 nitrogen and oxygen atoms in total. The van der Waals surface area contributed by atoms with E-state index in [4.69, 9.17) is 4.74 Å². The summed E-state index contributed by atoms with van der Waals surface area (Å²) in [6, 6.07) is 0. The Bertz CT molecular complexity index is 192. The number of Topliss-reactive ketones (excluding diaryl/α,β-unsaturated/α-hetero) is 2. The second-order valence-electron chi connectivity index (χ2n) is 1.88. The van der Waals surface area contributed by atoms with E-state index < -0.39 is 17.7 Å². The van der Waals surface area contributed by atoms with E-state index in [9.17, 15) is 9.59 Å². The monoisotopic (exact) mass is 126 g/mol. The Labute approximate surface area is 52.3 Å². The van der Waals surface area contributed by atoms with Crippen molar-refractivity contribution in [3.05, 3.63) is 12.3 Å². The number of carbonyl (C=O) groups is 2. The van der Waals surface area contributed by atoms with Crippen molar-refractivity contribution in [2.45, 2.75) is 13.0 Å². The summed E-state index contributed by atoms with van der Waals surface area (Å²) in [7, 11) is 0. The van der Waals surface area contributed by atoms with Crippen molar-refractivity contribution in [1.82, 2.24) is 0 Å². The van der Waals surface area contributed by atoms with Crippen molar-refractivity contribution in [2.24, 2.45) is 0 Å². The van der Waals surface area contributed by atoms with Gasteiger partial charge in [0.2, 0.25) is 5.78 Å². The maximum absolute atomic E-state index is 10.6. The minimum absolute atomic E-state index is 0.0347. The third kappa shape index (κ3) is 0.740. The molecule has 1 unspecified atom stereocenters. The quantitative estimate of drug-likeness (QED) is 0.340. The van der Waals surface area contributed by atoms with Crippen molar-refractivity contribution < 1.29 is 14.3 Å². The maximum atomic E-state index is 10.6. The van der Waals surface area contributed by atoms with Crippen LogP contribution in [0.15, 0.2) is 12.3 Å². The molecule has 1 saturated heterocycles. The molecule has 1 rings (SSSR count). The Morgan fingerprint density at radius 3 is 2.22 bits per heavy atom. The van der Waals surface area contributed by atoms with Gasteiger partial charge in [-0.1, -0.05) is 6.58 Å². The van der Waals surface area contributed by atoms with Crippen LogP contribution in [0, 0.1) is 0 Å². The number of ketones is 2. The molecule has 0 saturated carbocycles. The van der Waals surface area contributed by atoms with Gasteiger partial charge < -0.3 is 4.74 Å². The number of hydrogen-bond donors (Lipinski definition) is 0. The van der Waals surface area contributed by atoms with Crippen LogP contribution in [0.5, 0.6) is 0 Å². The molecule has 0 bridgehead atoms. The molecule has 0 amide bonds. The molecular weight excluding hydrogens is 120 g/mol. The summed E-state index contributed by atoms with van der Waals surface area (Å²) in [5, 5.41) is 0. The summed E-state index contributed by atoms with van der Waals surface area (Å²) < 4.78 is 4.69. The summed E-state index contributed by atoms with van der Waals surface area (Å²) in [6.07, 6.45) is -0.620. The lowest BCUT2D eigenvalue weighted by Crippen LogP contribution is -2.15. The molecule has 9 heavy (non-hydrogen) atoms. The molecule has 0 N–H and O–H groups in total. The summed E-state index contributed by atoms with van der Waals surface area (Å²) in [4.78, 5) is 21.1. The first-order valence-electron chi connectivity index (χ1n) is 2.57. The smallest absolute Gasteiger partial charge is 0.266 e. The second kappa shape index (κ2) is 1.69. The summed E-state index contributed by atoms with van der Waals surface area (Å²) >= 11 is 0. The first-order chi connectivity index (χ1) is 4.13. The molecule has 0 aromatic heterocycles. The van der Waals surface area contributed by atoms with Crippen LogP contribution in [0.1, 0.15) is 6.92 Å². The first-order valence-corrected chi connectivity index (χ1v) is 2.57. The zero-order valence-electron chi connectivity index (χ0n) is 5.01. The molecule has 1 aliphatic heterocycles. The molecule has 1 atom stereocenters. The van der Waals surface area contributed by atoms with Crippen molar-refractivity contribution in [2.75, 3.05) is 0 Å². The van der Waals surface area contributed by atoms with E-state index in [-0.39, 0.29) is 5.76 Å². The molecule has 0 aromatic rings. The van der Waals surface area contributed by atoms with Gasteiger partial charge in [-0.2, -0.15) is 0 Å². The zero-order chi connectivity index (χ0) is 7.02. The van der Waals surface area contributed by atoms with E-state index >= 15 is 0 Å². The van der Waals surface area contributed by atoms with Crippen LogP contribution in [0.3, 0.4) is 0 Å². The molecule has 0 aliphatic carbocycles. The summed E-state index contributed by atoms with van der Waals surface area (Å²) in [5.41, 5.74) is 0. The van der Waals surface area contributed by atoms with Crippen molar-refractivity contribution in [3.63, 3.8) is 0 Å². The van der Waals surface area contributed by atoms with Gasteiger partial charge in [0.1, 0.15) is 0 Å². The minimum Gasteiger partial charge on any atom is -0.479 e. The predicted octanol–water partition coefficient (Wildman–Crippen LogP) is 0.0570. The number of hydrogen-bond acceptors (Lipinski definition) is 3. The third-order valence-electron chi connectivity index (χ3n) is 1.17. The van der Waals surface area contributed by atoms with Gasteiger partial charge in [0.05, 0.1) is 0 Å². The highest BCUT2D eigenvalue weighted by Gasteiger charge is 2.33. The molecule has 48 valence electrons. The van der Waals surface area contributed by atoms with Crippen LogP contribution < -0.4 is 0 Å². The number of ether oxygens (including phenoxy) is 1. The Hall–Kier alpha value is -1.12. The van der Waals surface area contributed by atoms with E-state index in [1.165, 1.54) is 6.92 Å². The molecule has 1 aliphatic rings.